The number of likely N-dealkylation sites (tertiary alicyclic amines) is 1. The van der Waals surface area contributed by atoms with Gasteiger partial charge in [-0.15, -0.1) is 11.3 Å². The molecule has 3 heterocycles. The molecule has 0 radical (unpaired) electrons. The highest BCUT2D eigenvalue weighted by Gasteiger charge is 2.28. The highest BCUT2D eigenvalue weighted by Crippen LogP contribution is 2.33. The zero-order valence-corrected chi connectivity index (χ0v) is 13.5. The molecular formula is C16H19N3O2S. The molecule has 1 atom stereocenters. The first-order valence-corrected chi connectivity index (χ1v) is 8.72. The maximum absolute atomic E-state index is 12.9. The first kappa shape index (κ1) is 13.9. The van der Waals surface area contributed by atoms with Gasteiger partial charge in [0.15, 0.2) is 0 Å². The molecule has 1 aliphatic carbocycles. The van der Waals surface area contributed by atoms with E-state index in [1.54, 1.807) is 27.1 Å². The van der Waals surface area contributed by atoms with E-state index < -0.39 is 0 Å². The number of hydrogen-bond acceptors (Lipinski definition) is 4. The fraction of sp³-hybridized carbons (Fsp3) is 0.562. The number of likely N-dealkylation sites (N-methyl/N-ethyl adjacent to an activating group) is 1. The molecule has 5 nitrogen and oxygen atoms in total. The van der Waals surface area contributed by atoms with Crippen LogP contribution in [0, 0.1) is 0 Å². The van der Waals surface area contributed by atoms with Gasteiger partial charge in [0.25, 0.3) is 5.56 Å². The third-order valence-electron chi connectivity index (χ3n) is 4.98. The lowest BCUT2D eigenvalue weighted by Gasteiger charge is -2.20. The van der Waals surface area contributed by atoms with Crippen LogP contribution in [0.25, 0.3) is 10.2 Å². The number of hydrogen-bond donors (Lipinski definition) is 0. The molecule has 2 aliphatic rings. The van der Waals surface area contributed by atoms with Crippen molar-refractivity contribution in [3.63, 3.8) is 0 Å². The van der Waals surface area contributed by atoms with Crippen LogP contribution in [0.1, 0.15) is 36.1 Å². The minimum absolute atomic E-state index is 0.0668. The number of fused-ring (bicyclic) bond motifs is 3. The topological polar surface area (TPSA) is 55.2 Å². The third-order valence-corrected chi connectivity index (χ3v) is 6.18. The lowest BCUT2D eigenvalue weighted by Crippen LogP contribution is -2.35. The summed E-state index contributed by atoms with van der Waals surface area (Å²) in [6, 6.07) is 0.110. The quantitative estimate of drug-likeness (QED) is 0.851. The minimum atomic E-state index is 0.0668. The smallest absolute Gasteiger partial charge is 0.262 e. The van der Waals surface area contributed by atoms with Crippen LogP contribution in [-0.2, 0) is 24.2 Å². The lowest BCUT2D eigenvalue weighted by atomic mass is 9.97. The molecule has 1 unspecified atom stereocenters. The van der Waals surface area contributed by atoms with Crippen LogP contribution in [0.3, 0.4) is 0 Å². The Morgan fingerprint density at radius 2 is 2.09 bits per heavy atom. The van der Waals surface area contributed by atoms with E-state index in [-0.39, 0.29) is 17.5 Å². The third kappa shape index (κ3) is 2.08. The van der Waals surface area contributed by atoms with Crippen molar-refractivity contribution in [2.75, 3.05) is 7.05 Å². The second kappa shape index (κ2) is 5.19. The summed E-state index contributed by atoms with van der Waals surface area (Å²) >= 11 is 1.68. The molecule has 1 saturated heterocycles. The largest absolute Gasteiger partial charge is 0.341 e. The molecule has 0 aromatic carbocycles. The average molecular weight is 317 g/mol. The zero-order valence-electron chi connectivity index (χ0n) is 12.7. The number of amides is 1. The number of thiophene rings is 1. The van der Waals surface area contributed by atoms with Crippen LogP contribution in [-0.4, -0.2) is 33.4 Å². The summed E-state index contributed by atoms with van der Waals surface area (Å²) in [5.41, 5.74) is 1.30. The molecule has 0 spiro atoms. The number of aromatic nitrogens is 2. The number of aryl methyl sites for hydroxylation is 2. The Hall–Kier alpha value is -1.69. The second-order valence-electron chi connectivity index (χ2n) is 6.29. The van der Waals surface area contributed by atoms with Gasteiger partial charge < -0.3 is 4.90 Å². The van der Waals surface area contributed by atoms with Crippen molar-refractivity contribution in [1.82, 2.24) is 14.5 Å². The summed E-state index contributed by atoms with van der Waals surface area (Å²) in [6.07, 6.45) is 7.51. The second-order valence-corrected chi connectivity index (χ2v) is 7.37. The SMILES string of the molecule is CN1C(=O)CCC1Cn1cnc2sc3c(c2c1=O)CCCC3. The Morgan fingerprint density at radius 3 is 2.86 bits per heavy atom. The van der Waals surface area contributed by atoms with Crippen molar-refractivity contribution < 1.29 is 4.79 Å². The number of carbonyl (C=O) groups is 1. The summed E-state index contributed by atoms with van der Waals surface area (Å²) in [7, 11) is 1.82. The monoisotopic (exact) mass is 317 g/mol. The average Bonchev–Trinajstić information content (AvgIpc) is 3.05. The molecule has 1 aliphatic heterocycles. The van der Waals surface area contributed by atoms with E-state index in [0.29, 0.717) is 13.0 Å². The van der Waals surface area contributed by atoms with Crippen LogP contribution in [0.15, 0.2) is 11.1 Å². The molecule has 4 rings (SSSR count). The summed E-state index contributed by atoms with van der Waals surface area (Å²) in [6.45, 7) is 0.550. The van der Waals surface area contributed by atoms with Crippen molar-refractivity contribution in [3.8, 4) is 0 Å². The van der Waals surface area contributed by atoms with Crippen LogP contribution >= 0.6 is 11.3 Å². The van der Waals surface area contributed by atoms with Gasteiger partial charge in [0.2, 0.25) is 5.91 Å². The van der Waals surface area contributed by atoms with Gasteiger partial charge in [0.1, 0.15) is 4.83 Å². The van der Waals surface area contributed by atoms with E-state index in [9.17, 15) is 9.59 Å². The van der Waals surface area contributed by atoms with Crippen molar-refractivity contribution >= 4 is 27.5 Å². The summed E-state index contributed by atoms with van der Waals surface area (Å²) in [5, 5.41) is 0.828. The van der Waals surface area contributed by atoms with Gasteiger partial charge in [-0.1, -0.05) is 0 Å². The van der Waals surface area contributed by atoms with E-state index in [2.05, 4.69) is 4.98 Å². The van der Waals surface area contributed by atoms with E-state index in [4.69, 9.17) is 0 Å². The molecule has 2 aromatic heterocycles. The molecule has 22 heavy (non-hydrogen) atoms. The first-order chi connectivity index (χ1) is 10.6. The summed E-state index contributed by atoms with van der Waals surface area (Å²) in [5.74, 6) is 0.167. The molecule has 6 heteroatoms. The maximum atomic E-state index is 12.9. The highest BCUT2D eigenvalue weighted by molar-refractivity contribution is 7.18. The van der Waals surface area contributed by atoms with Crippen molar-refractivity contribution in [3.05, 3.63) is 27.1 Å². The van der Waals surface area contributed by atoms with E-state index >= 15 is 0 Å². The summed E-state index contributed by atoms with van der Waals surface area (Å²) in [4.78, 5) is 33.0. The molecule has 0 N–H and O–H groups in total. The van der Waals surface area contributed by atoms with Crippen LogP contribution in [0.5, 0.6) is 0 Å². The highest BCUT2D eigenvalue weighted by atomic mass is 32.1. The molecule has 0 bridgehead atoms. The summed E-state index contributed by atoms with van der Waals surface area (Å²) < 4.78 is 1.70. The Bertz CT molecular complexity index is 808. The molecule has 116 valence electrons. The minimum Gasteiger partial charge on any atom is -0.341 e. The maximum Gasteiger partial charge on any atom is 0.262 e. The molecule has 0 saturated carbocycles. The van der Waals surface area contributed by atoms with E-state index in [1.165, 1.54) is 16.9 Å². The van der Waals surface area contributed by atoms with Crippen LogP contribution in [0.4, 0.5) is 0 Å². The van der Waals surface area contributed by atoms with Gasteiger partial charge in [0.05, 0.1) is 11.7 Å². The predicted octanol–water partition coefficient (Wildman–Crippen LogP) is 1.96. The first-order valence-electron chi connectivity index (χ1n) is 7.90. The van der Waals surface area contributed by atoms with Gasteiger partial charge in [0, 0.05) is 30.9 Å². The van der Waals surface area contributed by atoms with Gasteiger partial charge in [-0.2, -0.15) is 0 Å². The Balaban J connectivity index is 1.75. The standard InChI is InChI=1S/C16H19N3O2S/c1-18-10(6-7-13(18)20)8-19-9-17-15-14(16(19)21)11-4-2-3-5-12(11)22-15/h9-10H,2-8H2,1H3. The van der Waals surface area contributed by atoms with Crippen molar-refractivity contribution in [2.45, 2.75) is 51.1 Å². The number of nitrogens with zero attached hydrogens (tertiary/aromatic N) is 3. The van der Waals surface area contributed by atoms with E-state index in [1.807, 2.05) is 7.05 Å². The molecule has 1 fully saturated rings. The van der Waals surface area contributed by atoms with E-state index in [0.717, 1.165) is 35.9 Å². The Labute approximate surface area is 132 Å². The van der Waals surface area contributed by atoms with Crippen LogP contribution in [0.2, 0.25) is 0 Å². The zero-order chi connectivity index (χ0) is 15.3. The van der Waals surface area contributed by atoms with Crippen molar-refractivity contribution in [1.29, 1.82) is 0 Å². The fourth-order valence-electron chi connectivity index (χ4n) is 3.62. The van der Waals surface area contributed by atoms with Gasteiger partial charge in [-0.05, 0) is 37.7 Å². The van der Waals surface area contributed by atoms with Crippen LogP contribution < -0.4 is 5.56 Å². The molecule has 2 aromatic rings. The van der Waals surface area contributed by atoms with Crippen molar-refractivity contribution in [2.24, 2.45) is 0 Å². The molecular weight excluding hydrogens is 298 g/mol. The lowest BCUT2D eigenvalue weighted by molar-refractivity contribution is -0.127. The Kier molecular flexibility index (Phi) is 3.29. The van der Waals surface area contributed by atoms with Gasteiger partial charge in [-0.3, -0.25) is 14.2 Å². The number of rotatable bonds is 2. The predicted molar refractivity (Wildman–Crippen MR) is 86.3 cm³/mol. The normalized spacial score (nSPS) is 21.6. The number of carbonyl (C=O) groups excluding carboxylic acids is 1. The van der Waals surface area contributed by atoms with Gasteiger partial charge in [-0.25, -0.2) is 4.98 Å². The Morgan fingerprint density at radius 1 is 1.27 bits per heavy atom. The molecule has 1 amide bonds. The fourth-order valence-corrected chi connectivity index (χ4v) is 4.84. The van der Waals surface area contributed by atoms with Gasteiger partial charge >= 0.3 is 0 Å².